The third-order valence-electron chi connectivity index (χ3n) is 1.51. The first kappa shape index (κ1) is 8.11. The molecule has 0 radical (unpaired) electrons. The number of aromatic amines is 1. The van der Waals surface area contributed by atoms with Gasteiger partial charge in [0.2, 0.25) is 0 Å². The zero-order valence-electron chi connectivity index (χ0n) is 7.02. The quantitative estimate of drug-likeness (QED) is 0.741. The molecule has 1 N–H and O–H groups in total. The number of hydrogen-bond acceptors (Lipinski definition) is 1. The number of nitrogens with one attached hydrogen (secondary N) is 1. The molecule has 0 amide bonds. The summed E-state index contributed by atoms with van der Waals surface area (Å²) in [5.74, 6) is 0. The van der Waals surface area contributed by atoms with Gasteiger partial charge in [0.15, 0.2) is 0 Å². The van der Waals surface area contributed by atoms with Crippen LogP contribution in [0.3, 0.4) is 0 Å². The van der Waals surface area contributed by atoms with Gasteiger partial charge in [-0.15, -0.1) is 0 Å². The van der Waals surface area contributed by atoms with Crippen LogP contribution in [-0.2, 0) is 0 Å². The number of aromatic nitrogens is 2. The molecule has 0 unspecified atom stereocenters. The van der Waals surface area contributed by atoms with Crippen molar-refractivity contribution >= 4 is 22.1 Å². The molecule has 3 heteroatoms. The third kappa shape index (κ3) is 1.75. The number of nitrogens with zero attached hydrogens (tertiary/aromatic N) is 1. The Hall–Kier alpha value is 0.00870. The molecule has 1 rings (SSSR count). The predicted octanol–water partition coefficient (Wildman–Crippen LogP) is 1.26. The van der Waals surface area contributed by atoms with Crippen molar-refractivity contribution in [2.45, 2.75) is 21.7 Å². The number of H-pyrrole nitrogens is 1. The van der Waals surface area contributed by atoms with Crippen LogP contribution in [0.5, 0.6) is 0 Å². The van der Waals surface area contributed by atoms with Crippen molar-refractivity contribution in [3.63, 3.8) is 0 Å². The van der Waals surface area contributed by atoms with Gasteiger partial charge in [0, 0.05) is 0 Å². The molecule has 10 heavy (non-hydrogen) atoms. The summed E-state index contributed by atoms with van der Waals surface area (Å²) >= 11 is -1.81. The van der Waals surface area contributed by atoms with Crippen LogP contribution in [0.2, 0.25) is 14.8 Å². The van der Waals surface area contributed by atoms with Crippen molar-refractivity contribution in [1.29, 1.82) is 0 Å². The van der Waals surface area contributed by atoms with E-state index in [1.165, 1.54) is 3.71 Å². The van der Waals surface area contributed by atoms with Gasteiger partial charge in [-0.05, 0) is 0 Å². The van der Waals surface area contributed by atoms with Gasteiger partial charge < -0.3 is 0 Å². The van der Waals surface area contributed by atoms with Crippen LogP contribution in [0.25, 0.3) is 0 Å². The zero-order valence-corrected chi connectivity index (χ0v) is 9.88. The van der Waals surface area contributed by atoms with Gasteiger partial charge in [-0.25, -0.2) is 0 Å². The Labute approximate surface area is 65.9 Å². The van der Waals surface area contributed by atoms with Crippen molar-refractivity contribution in [1.82, 2.24) is 10.2 Å². The third-order valence-corrected chi connectivity index (χ3v) is 6.86. The number of aryl methyl sites for hydroxylation is 1. The Morgan fingerprint density at radius 1 is 1.40 bits per heavy atom. The molecule has 1 aromatic heterocycles. The summed E-state index contributed by atoms with van der Waals surface area (Å²) in [6, 6.07) is 2.18. The van der Waals surface area contributed by atoms with Crippen LogP contribution < -0.4 is 3.71 Å². The van der Waals surface area contributed by atoms with E-state index in [0.717, 1.165) is 5.69 Å². The Balaban J connectivity index is 2.96. The van der Waals surface area contributed by atoms with E-state index in [0.29, 0.717) is 0 Å². The standard InChI is InChI=1S/C4H5N2.3CH3.Sn/c1-4-2-3-5-6-4;;;;/h2H,1H3,(H,5,6);3*1H3;. The maximum atomic E-state index is 4.11. The van der Waals surface area contributed by atoms with Crippen LogP contribution in [-0.4, -0.2) is 28.6 Å². The Kier molecular flexibility index (Phi) is 2.08. The second-order valence-electron chi connectivity index (χ2n) is 3.67. The van der Waals surface area contributed by atoms with Crippen LogP contribution in [0.1, 0.15) is 5.69 Å². The van der Waals surface area contributed by atoms with Crippen LogP contribution in [0.4, 0.5) is 0 Å². The van der Waals surface area contributed by atoms with Gasteiger partial charge >= 0.3 is 65.8 Å². The summed E-state index contributed by atoms with van der Waals surface area (Å²) in [6.07, 6.45) is 0. The molecule has 0 fully saturated rings. The first-order valence-electron chi connectivity index (χ1n) is 3.52. The monoisotopic (exact) mass is 246 g/mol. The van der Waals surface area contributed by atoms with E-state index in [1.54, 1.807) is 0 Å². The summed E-state index contributed by atoms with van der Waals surface area (Å²) in [5, 5.41) is 7.20. The molecule has 1 heterocycles. The van der Waals surface area contributed by atoms with Gasteiger partial charge in [-0.3, -0.25) is 0 Å². The fourth-order valence-electron chi connectivity index (χ4n) is 0.806. The molecule has 2 nitrogen and oxygen atoms in total. The van der Waals surface area contributed by atoms with E-state index in [4.69, 9.17) is 0 Å². The molecular weight excluding hydrogens is 231 g/mol. The summed E-state index contributed by atoms with van der Waals surface area (Å²) < 4.78 is 1.41. The molecule has 0 atom stereocenters. The van der Waals surface area contributed by atoms with Crippen LogP contribution in [0, 0.1) is 6.92 Å². The molecule has 0 spiro atoms. The predicted molar refractivity (Wildman–Crippen MR) is 46.3 cm³/mol. The molecule has 0 aliphatic heterocycles. The van der Waals surface area contributed by atoms with Gasteiger partial charge in [0.25, 0.3) is 0 Å². The normalized spacial score (nSPS) is 12.0. The summed E-state index contributed by atoms with van der Waals surface area (Å²) in [7, 11) is 0. The van der Waals surface area contributed by atoms with Crippen LogP contribution in [0.15, 0.2) is 6.07 Å². The van der Waals surface area contributed by atoms with Gasteiger partial charge in [0.1, 0.15) is 0 Å². The van der Waals surface area contributed by atoms with Crippen molar-refractivity contribution in [3.8, 4) is 0 Å². The fourth-order valence-corrected chi connectivity index (χ4v) is 3.75. The average Bonchev–Trinajstić information content (AvgIpc) is 2.11. The molecule has 56 valence electrons. The van der Waals surface area contributed by atoms with Crippen molar-refractivity contribution in [2.75, 3.05) is 0 Å². The minimum atomic E-state index is -1.81. The fraction of sp³-hybridized carbons (Fsp3) is 0.571. The van der Waals surface area contributed by atoms with E-state index in [2.05, 4.69) is 31.1 Å². The van der Waals surface area contributed by atoms with E-state index < -0.39 is 18.4 Å². The summed E-state index contributed by atoms with van der Waals surface area (Å²) in [4.78, 5) is 7.13. The van der Waals surface area contributed by atoms with Gasteiger partial charge in [-0.1, -0.05) is 0 Å². The molecule has 1 aromatic rings. The molecule has 0 aliphatic rings. The summed E-state index contributed by atoms with van der Waals surface area (Å²) in [6.45, 7) is 2.03. The minimum absolute atomic E-state index is 1.11. The average molecular weight is 245 g/mol. The van der Waals surface area contributed by atoms with E-state index in [9.17, 15) is 0 Å². The van der Waals surface area contributed by atoms with Gasteiger partial charge in [0.05, 0.1) is 0 Å². The second kappa shape index (κ2) is 2.57. The Morgan fingerprint density at radius 2 is 2.00 bits per heavy atom. The Morgan fingerprint density at radius 3 is 2.20 bits per heavy atom. The molecule has 0 saturated carbocycles. The first-order chi connectivity index (χ1) is 4.50. The topological polar surface area (TPSA) is 28.7 Å². The zero-order chi connectivity index (χ0) is 7.78. The molecule has 0 aromatic carbocycles. The molecule has 0 aliphatic carbocycles. The molecule has 0 bridgehead atoms. The number of rotatable bonds is 1. The first-order valence-corrected chi connectivity index (χ1v) is 13.5. The van der Waals surface area contributed by atoms with E-state index >= 15 is 0 Å². The molecule has 0 saturated heterocycles. The molecular formula is C7H14N2Sn. The van der Waals surface area contributed by atoms with Crippen molar-refractivity contribution in [3.05, 3.63) is 11.8 Å². The van der Waals surface area contributed by atoms with Gasteiger partial charge in [-0.2, -0.15) is 0 Å². The van der Waals surface area contributed by atoms with E-state index in [-0.39, 0.29) is 0 Å². The number of hydrogen-bond donors (Lipinski definition) is 1. The maximum absolute atomic E-state index is 4.11. The SMILES string of the molecule is Cc1c[c]([Sn]([CH3])([CH3])[CH3])[nH]n1. The van der Waals surface area contributed by atoms with E-state index in [1.807, 2.05) is 6.92 Å². The van der Waals surface area contributed by atoms with Crippen molar-refractivity contribution in [2.24, 2.45) is 0 Å². The second-order valence-corrected chi connectivity index (χ2v) is 18.1. The summed E-state index contributed by atoms with van der Waals surface area (Å²) in [5.41, 5.74) is 1.11. The Bertz CT molecular complexity index is 222. The van der Waals surface area contributed by atoms with Crippen LogP contribution >= 0.6 is 0 Å². The van der Waals surface area contributed by atoms with Crippen molar-refractivity contribution < 1.29 is 0 Å².